The smallest absolute Gasteiger partial charge is 0.267 e. The molecule has 156 valence electrons. The molecule has 0 spiro atoms. The van der Waals surface area contributed by atoms with Crippen LogP contribution in [0.25, 0.3) is 11.1 Å². The van der Waals surface area contributed by atoms with Gasteiger partial charge >= 0.3 is 6.03 Å². The van der Waals surface area contributed by atoms with Crippen LogP contribution >= 0.6 is 0 Å². The van der Waals surface area contributed by atoms with Crippen molar-refractivity contribution in [2.24, 2.45) is 0 Å². The van der Waals surface area contributed by atoms with Gasteiger partial charge in [0, 0.05) is 5.56 Å². The number of benzene rings is 4. The number of hydrogen-bond donors (Lipinski definition) is 2. The lowest BCUT2D eigenvalue weighted by molar-refractivity contribution is 0.0936. The molecule has 4 aromatic rings. The predicted octanol–water partition coefficient (Wildman–Crippen LogP) is 5.45. The van der Waals surface area contributed by atoms with Gasteiger partial charge in [-0.25, -0.2) is 10.2 Å². The molecule has 1 aliphatic carbocycles. The zero-order chi connectivity index (χ0) is 21.9. The Morgan fingerprint density at radius 3 is 1.91 bits per heavy atom. The van der Waals surface area contributed by atoms with Crippen LogP contribution in [0.1, 0.15) is 21.5 Å². The minimum absolute atomic E-state index is 0.343. The van der Waals surface area contributed by atoms with Gasteiger partial charge in [0.2, 0.25) is 0 Å². The molecule has 4 aromatic carbocycles. The third kappa shape index (κ3) is 3.61. The Morgan fingerprint density at radius 1 is 0.625 bits per heavy atom. The molecule has 5 heteroatoms. The molecule has 0 aliphatic heterocycles. The standard InChI is InChI=1S/C27H21N3O2/c31-26(24-17-9-16-23-22-15-8-7-10-19(22)18-25(23)24)28-29-27(32)30(20-11-3-1-4-12-20)21-13-5-2-6-14-21/h1-17H,18H2,(H,28,31)(H,29,32). The second-order valence-corrected chi connectivity index (χ2v) is 7.56. The van der Waals surface area contributed by atoms with E-state index >= 15 is 0 Å². The molecule has 0 heterocycles. The summed E-state index contributed by atoms with van der Waals surface area (Å²) in [5, 5.41) is 0. The third-order valence-corrected chi connectivity index (χ3v) is 5.61. The lowest BCUT2D eigenvalue weighted by atomic mass is 10.0. The molecular weight excluding hydrogens is 398 g/mol. The van der Waals surface area contributed by atoms with Crippen molar-refractivity contribution in [1.29, 1.82) is 0 Å². The van der Waals surface area contributed by atoms with Crippen LogP contribution in [0.5, 0.6) is 0 Å². The number of fused-ring (bicyclic) bond motifs is 3. The van der Waals surface area contributed by atoms with Gasteiger partial charge in [-0.15, -0.1) is 0 Å². The Labute approximate surface area is 186 Å². The van der Waals surface area contributed by atoms with Gasteiger partial charge < -0.3 is 0 Å². The number of amides is 3. The summed E-state index contributed by atoms with van der Waals surface area (Å²) in [6, 6.07) is 32.0. The van der Waals surface area contributed by atoms with Crippen molar-refractivity contribution in [3.8, 4) is 11.1 Å². The number of hydrazine groups is 1. The van der Waals surface area contributed by atoms with E-state index in [1.165, 1.54) is 10.5 Å². The zero-order valence-corrected chi connectivity index (χ0v) is 17.3. The molecule has 2 N–H and O–H groups in total. The highest BCUT2D eigenvalue weighted by Gasteiger charge is 2.24. The van der Waals surface area contributed by atoms with Gasteiger partial charge in [-0.05, 0) is 59.0 Å². The van der Waals surface area contributed by atoms with Crippen molar-refractivity contribution in [2.45, 2.75) is 6.42 Å². The number of urea groups is 1. The highest BCUT2D eigenvalue weighted by Crippen LogP contribution is 2.38. The van der Waals surface area contributed by atoms with Crippen LogP contribution in [0, 0.1) is 0 Å². The summed E-state index contributed by atoms with van der Waals surface area (Å²) in [5.41, 5.74) is 11.5. The maximum Gasteiger partial charge on any atom is 0.345 e. The molecule has 0 aromatic heterocycles. The average molecular weight is 419 g/mol. The normalized spacial score (nSPS) is 11.2. The van der Waals surface area contributed by atoms with E-state index in [1.54, 1.807) is 6.07 Å². The molecule has 32 heavy (non-hydrogen) atoms. The Hall–Kier alpha value is -4.38. The topological polar surface area (TPSA) is 61.4 Å². The van der Waals surface area contributed by atoms with Gasteiger partial charge in [0.1, 0.15) is 0 Å². The minimum Gasteiger partial charge on any atom is -0.267 e. The fourth-order valence-electron chi connectivity index (χ4n) is 4.14. The first-order chi connectivity index (χ1) is 15.7. The molecule has 0 saturated heterocycles. The second kappa shape index (κ2) is 8.40. The fourth-order valence-corrected chi connectivity index (χ4v) is 4.14. The number of nitrogens with one attached hydrogen (secondary N) is 2. The Balaban J connectivity index is 1.37. The number of carbonyl (C=O) groups excluding carboxylic acids is 2. The van der Waals surface area contributed by atoms with Crippen molar-refractivity contribution in [3.63, 3.8) is 0 Å². The van der Waals surface area contributed by atoms with Gasteiger partial charge in [0.25, 0.3) is 5.91 Å². The number of carbonyl (C=O) groups is 2. The number of hydrogen-bond acceptors (Lipinski definition) is 2. The van der Waals surface area contributed by atoms with E-state index in [-0.39, 0.29) is 5.91 Å². The number of para-hydroxylation sites is 2. The van der Waals surface area contributed by atoms with E-state index in [0.717, 1.165) is 16.7 Å². The molecular formula is C27H21N3O2. The van der Waals surface area contributed by atoms with Gasteiger partial charge in [-0.3, -0.25) is 15.1 Å². The number of rotatable bonds is 3. The molecule has 3 amide bonds. The summed E-state index contributed by atoms with van der Waals surface area (Å²) in [7, 11) is 0. The Kier molecular flexibility index (Phi) is 5.14. The van der Waals surface area contributed by atoms with Crippen LogP contribution in [-0.2, 0) is 6.42 Å². The number of anilines is 2. The second-order valence-electron chi connectivity index (χ2n) is 7.56. The first-order valence-corrected chi connectivity index (χ1v) is 10.4. The van der Waals surface area contributed by atoms with Gasteiger partial charge in [0.05, 0.1) is 11.4 Å². The highest BCUT2D eigenvalue weighted by molar-refractivity contribution is 6.03. The largest absolute Gasteiger partial charge is 0.345 e. The molecule has 0 radical (unpaired) electrons. The Morgan fingerprint density at radius 2 is 1.22 bits per heavy atom. The maximum atomic E-state index is 13.1. The Bertz CT molecular complexity index is 1250. The van der Waals surface area contributed by atoms with Crippen LogP contribution in [0.4, 0.5) is 16.2 Å². The summed E-state index contributed by atoms with van der Waals surface area (Å²) in [6.45, 7) is 0. The van der Waals surface area contributed by atoms with Crippen LogP contribution in [0.15, 0.2) is 103 Å². The summed E-state index contributed by atoms with van der Waals surface area (Å²) in [6.07, 6.45) is 0.698. The molecule has 0 unspecified atom stereocenters. The molecule has 0 fully saturated rings. The SMILES string of the molecule is O=C(NNC(=O)N(c1ccccc1)c1ccccc1)c1cccc2c1Cc1ccccc1-2. The molecule has 5 rings (SSSR count). The summed E-state index contributed by atoms with van der Waals surface area (Å²) in [4.78, 5) is 27.6. The van der Waals surface area contributed by atoms with Crippen LogP contribution in [0.2, 0.25) is 0 Å². The van der Waals surface area contributed by atoms with Crippen molar-refractivity contribution in [2.75, 3.05) is 4.90 Å². The molecule has 0 saturated carbocycles. The quantitative estimate of drug-likeness (QED) is 0.382. The first-order valence-electron chi connectivity index (χ1n) is 10.4. The van der Waals surface area contributed by atoms with Gasteiger partial charge in [0.15, 0.2) is 0 Å². The van der Waals surface area contributed by atoms with Crippen molar-refractivity contribution in [1.82, 2.24) is 10.9 Å². The lowest BCUT2D eigenvalue weighted by Gasteiger charge is -2.23. The van der Waals surface area contributed by atoms with E-state index < -0.39 is 6.03 Å². The predicted molar refractivity (Wildman–Crippen MR) is 126 cm³/mol. The summed E-state index contributed by atoms with van der Waals surface area (Å²) < 4.78 is 0. The summed E-state index contributed by atoms with van der Waals surface area (Å²) in [5.74, 6) is -0.343. The third-order valence-electron chi connectivity index (χ3n) is 5.61. The van der Waals surface area contributed by atoms with Gasteiger partial charge in [-0.2, -0.15) is 0 Å². The van der Waals surface area contributed by atoms with Crippen LogP contribution in [0.3, 0.4) is 0 Å². The van der Waals surface area contributed by atoms with E-state index in [0.29, 0.717) is 23.4 Å². The van der Waals surface area contributed by atoms with E-state index in [1.807, 2.05) is 84.9 Å². The van der Waals surface area contributed by atoms with E-state index in [4.69, 9.17) is 0 Å². The minimum atomic E-state index is -0.452. The van der Waals surface area contributed by atoms with Crippen LogP contribution < -0.4 is 15.8 Å². The zero-order valence-electron chi connectivity index (χ0n) is 17.3. The first kappa shape index (κ1) is 19.6. The molecule has 5 nitrogen and oxygen atoms in total. The monoisotopic (exact) mass is 419 g/mol. The van der Waals surface area contributed by atoms with E-state index in [2.05, 4.69) is 23.0 Å². The maximum absolute atomic E-state index is 13.1. The molecule has 0 atom stereocenters. The molecule has 1 aliphatic rings. The lowest BCUT2D eigenvalue weighted by Crippen LogP contribution is -2.47. The fraction of sp³-hybridized carbons (Fsp3) is 0.0370. The highest BCUT2D eigenvalue weighted by atomic mass is 16.2. The average Bonchev–Trinajstić information content (AvgIpc) is 3.23. The van der Waals surface area contributed by atoms with Crippen LogP contribution in [-0.4, -0.2) is 11.9 Å². The van der Waals surface area contributed by atoms with Gasteiger partial charge in [-0.1, -0.05) is 72.8 Å². The van der Waals surface area contributed by atoms with Crippen molar-refractivity contribution >= 4 is 23.3 Å². The van der Waals surface area contributed by atoms with Crippen molar-refractivity contribution in [3.05, 3.63) is 120 Å². The number of nitrogens with zero attached hydrogens (tertiary/aromatic N) is 1. The van der Waals surface area contributed by atoms with Crippen molar-refractivity contribution < 1.29 is 9.59 Å². The summed E-state index contributed by atoms with van der Waals surface area (Å²) >= 11 is 0. The molecule has 0 bridgehead atoms. The van der Waals surface area contributed by atoms with E-state index in [9.17, 15) is 9.59 Å².